The number of rotatable bonds is 1. The van der Waals surface area contributed by atoms with E-state index in [2.05, 4.69) is 6.92 Å². The van der Waals surface area contributed by atoms with Crippen LogP contribution < -0.4 is 0 Å². The van der Waals surface area contributed by atoms with Crippen molar-refractivity contribution < 1.29 is 9.84 Å². The highest BCUT2D eigenvalue weighted by Crippen LogP contribution is 2.25. The van der Waals surface area contributed by atoms with Crippen LogP contribution in [0.4, 0.5) is 0 Å². The number of ether oxygens (including phenoxy) is 1. The van der Waals surface area contributed by atoms with Crippen molar-refractivity contribution in [2.45, 2.75) is 38.4 Å². The van der Waals surface area contributed by atoms with Crippen molar-refractivity contribution in [2.24, 2.45) is 5.92 Å². The van der Waals surface area contributed by atoms with E-state index >= 15 is 0 Å². The minimum Gasteiger partial charge on any atom is -0.390 e. The smallest absolute Gasteiger partial charge is 0.0832 e. The average molecular weight is 144 g/mol. The van der Waals surface area contributed by atoms with Crippen LogP contribution in [0, 0.1) is 5.92 Å². The summed E-state index contributed by atoms with van der Waals surface area (Å²) in [5.41, 5.74) is 0. The first-order valence-corrected chi connectivity index (χ1v) is 3.95. The van der Waals surface area contributed by atoms with Gasteiger partial charge in [-0.1, -0.05) is 6.92 Å². The van der Waals surface area contributed by atoms with Crippen LogP contribution in [0.1, 0.15) is 26.2 Å². The number of aliphatic hydroxyl groups excluding tert-OH is 1. The van der Waals surface area contributed by atoms with Gasteiger partial charge in [-0.2, -0.15) is 0 Å². The quantitative estimate of drug-likeness (QED) is 0.599. The van der Waals surface area contributed by atoms with Gasteiger partial charge in [-0.3, -0.25) is 0 Å². The van der Waals surface area contributed by atoms with Crippen molar-refractivity contribution in [3.63, 3.8) is 0 Å². The van der Waals surface area contributed by atoms with Gasteiger partial charge in [0.1, 0.15) is 0 Å². The molecule has 0 unspecified atom stereocenters. The maximum atomic E-state index is 9.36. The normalized spacial score (nSPS) is 41.7. The van der Waals surface area contributed by atoms with Crippen LogP contribution in [0.25, 0.3) is 0 Å². The first kappa shape index (κ1) is 8.02. The number of methoxy groups -OCH3 is 1. The third kappa shape index (κ3) is 1.70. The van der Waals surface area contributed by atoms with Gasteiger partial charge in [0.25, 0.3) is 0 Å². The van der Waals surface area contributed by atoms with E-state index in [0.717, 1.165) is 19.3 Å². The third-order valence-electron chi connectivity index (χ3n) is 2.32. The molecule has 0 spiro atoms. The van der Waals surface area contributed by atoms with Gasteiger partial charge in [-0.05, 0) is 25.2 Å². The van der Waals surface area contributed by atoms with Crippen LogP contribution in [0.5, 0.6) is 0 Å². The van der Waals surface area contributed by atoms with E-state index in [1.807, 2.05) is 0 Å². The zero-order chi connectivity index (χ0) is 7.56. The Hall–Kier alpha value is -0.0800. The van der Waals surface area contributed by atoms with Crippen molar-refractivity contribution in [1.29, 1.82) is 0 Å². The molecule has 10 heavy (non-hydrogen) atoms. The zero-order valence-electron chi connectivity index (χ0n) is 6.71. The van der Waals surface area contributed by atoms with Gasteiger partial charge in [0.2, 0.25) is 0 Å². The molecule has 2 nitrogen and oxygen atoms in total. The van der Waals surface area contributed by atoms with Crippen LogP contribution >= 0.6 is 0 Å². The fourth-order valence-corrected chi connectivity index (χ4v) is 1.57. The molecule has 1 fully saturated rings. The zero-order valence-corrected chi connectivity index (χ0v) is 6.71. The minimum absolute atomic E-state index is 0.0868. The molecule has 1 saturated carbocycles. The molecule has 0 heterocycles. The molecule has 0 bridgehead atoms. The molecule has 1 aliphatic rings. The highest BCUT2D eigenvalue weighted by molar-refractivity contribution is 4.77. The monoisotopic (exact) mass is 144 g/mol. The van der Waals surface area contributed by atoms with E-state index in [4.69, 9.17) is 4.74 Å². The SMILES string of the molecule is CO[C@@H]1C[C@H](C)CC[C@H]1O. The molecule has 0 aromatic carbocycles. The summed E-state index contributed by atoms with van der Waals surface area (Å²) in [4.78, 5) is 0. The highest BCUT2D eigenvalue weighted by Gasteiger charge is 2.26. The van der Waals surface area contributed by atoms with Crippen LogP contribution in [0.3, 0.4) is 0 Å². The molecule has 0 aromatic rings. The highest BCUT2D eigenvalue weighted by atomic mass is 16.5. The van der Waals surface area contributed by atoms with Crippen molar-refractivity contribution in [2.75, 3.05) is 7.11 Å². The Morgan fingerprint density at radius 2 is 2.10 bits per heavy atom. The summed E-state index contributed by atoms with van der Waals surface area (Å²) < 4.78 is 5.12. The lowest BCUT2D eigenvalue weighted by Crippen LogP contribution is -2.34. The predicted molar refractivity (Wildman–Crippen MR) is 39.8 cm³/mol. The Morgan fingerprint density at radius 3 is 2.60 bits per heavy atom. The van der Waals surface area contributed by atoms with Crippen LogP contribution in [0.15, 0.2) is 0 Å². The standard InChI is InChI=1S/C8H16O2/c1-6-3-4-7(9)8(5-6)10-2/h6-9H,3-5H2,1-2H3/t6-,7-,8-/m1/s1. The lowest BCUT2D eigenvalue weighted by molar-refractivity contribution is -0.0481. The molecular weight excluding hydrogens is 128 g/mol. The van der Waals surface area contributed by atoms with Gasteiger partial charge in [0, 0.05) is 7.11 Å². The van der Waals surface area contributed by atoms with Gasteiger partial charge < -0.3 is 9.84 Å². The Kier molecular flexibility index (Phi) is 2.69. The van der Waals surface area contributed by atoms with E-state index in [1.165, 1.54) is 0 Å². The van der Waals surface area contributed by atoms with Gasteiger partial charge in [-0.25, -0.2) is 0 Å². The molecule has 1 aliphatic carbocycles. The predicted octanol–water partition coefficient (Wildman–Crippen LogP) is 1.18. The molecule has 0 aromatic heterocycles. The second kappa shape index (κ2) is 3.35. The Bertz CT molecular complexity index is 103. The largest absolute Gasteiger partial charge is 0.390 e. The second-order valence-electron chi connectivity index (χ2n) is 3.26. The third-order valence-corrected chi connectivity index (χ3v) is 2.32. The molecule has 0 amide bonds. The van der Waals surface area contributed by atoms with Crippen molar-refractivity contribution in [3.05, 3.63) is 0 Å². The number of hydrogen-bond donors (Lipinski definition) is 1. The molecule has 2 heteroatoms. The summed E-state index contributed by atoms with van der Waals surface area (Å²) in [6, 6.07) is 0. The first-order chi connectivity index (χ1) is 4.74. The van der Waals surface area contributed by atoms with E-state index in [1.54, 1.807) is 7.11 Å². The van der Waals surface area contributed by atoms with E-state index < -0.39 is 0 Å². The Balaban J connectivity index is 2.38. The fourth-order valence-electron chi connectivity index (χ4n) is 1.57. The Labute approximate surface area is 62.2 Å². The molecule has 0 aliphatic heterocycles. The van der Waals surface area contributed by atoms with Crippen molar-refractivity contribution in [3.8, 4) is 0 Å². The maximum absolute atomic E-state index is 9.36. The average Bonchev–Trinajstić information content (AvgIpc) is 1.94. The molecule has 60 valence electrons. The molecule has 1 rings (SSSR count). The molecule has 3 atom stereocenters. The summed E-state index contributed by atoms with van der Waals surface area (Å²) >= 11 is 0. The van der Waals surface area contributed by atoms with Crippen LogP contribution in [0.2, 0.25) is 0 Å². The van der Waals surface area contributed by atoms with E-state index in [0.29, 0.717) is 5.92 Å². The maximum Gasteiger partial charge on any atom is 0.0832 e. The van der Waals surface area contributed by atoms with Gasteiger partial charge in [0.05, 0.1) is 12.2 Å². The summed E-state index contributed by atoms with van der Waals surface area (Å²) in [5.74, 6) is 0.716. The summed E-state index contributed by atoms with van der Waals surface area (Å²) in [5, 5.41) is 9.36. The fraction of sp³-hybridized carbons (Fsp3) is 1.00. The van der Waals surface area contributed by atoms with Gasteiger partial charge >= 0.3 is 0 Å². The molecule has 0 radical (unpaired) electrons. The van der Waals surface area contributed by atoms with E-state index in [-0.39, 0.29) is 12.2 Å². The number of hydrogen-bond acceptors (Lipinski definition) is 2. The summed E-state index contributed by atoms with van der Waals surface area (Å²) in [6.07, 6.45) is 2.92. The Morgan fingerprint density at radius 1 is 1.40 bits per heavy atom. The van der Waals surface area contributed by atoms with Gasteiger partial charge in [-0.15, -0.1) is 0 Å². The molecular formula is C8H16O2. The van der Waals surface area contributed by atoms with Gasteiger partial charge in [0.15, 0.2) is 0 Å². The summed E-state index contributed by atoms with van der Waals surface area (Å²) in [6.45, 7) is 2.21. The minimum atomic E-state index is -0.221. The first-order valence-electron chi connectivity index (χ1n) is 3.95. The second-order valence-corrected chi connectivity index (χ2v) is 3.26. The summed E-state index contributed by atoms with van der Waals surface area (Å²) in [7, 11) is 1.67. The molecule has 1 N–H and O–H groups in total. The van der Waals surface area contributed by atoms with Crippen molar-refractivity contribution >= 4 is 0 Å². The lowest BCUT2D eigenvalue weighted by Gasteiger charge is -2.30. The van der Waals surface area contributed by atoms with E-state index in [9.17, 15) is 5.11 Å². The topological polar surface area (TPSA) is 29.5 Å². The lowest BCUT2D eigenvalue weighted by atomic mass is 9.87. The van der Waals surface area contributed by atoms with Crippen LogP contribution in [-0.4, -0.2) is 24.4 Å². The number of aliphatic hydroxyl groups is 1. The van der Waals surface area contributed by atoms with Crippen molar-refractivity contribution in [1.82, 2.24) is 0 Å². The molecule has 0 saturated heterocycles. The van der Waals surface area contributed by atoms with Crippen LogP contribution in [-0.2, 0) is 4.74 Å².